The molecule has 0 spiro atoms. The minimum atomic E-state index is -4.83. The number of rotatable bonds is 5. The molecule has 4 N–H and O–H groups in total. The van der Waals surface area contributed by atoms with Gasteiger partial charge < -0.3 is 10.5 Å². The molecule has 9 heteroatoms. The number of nitrogens with one attached hydrogen (secondary N) is 2. The third kappa shape index (κ3) is 7.18. The largest absolute Gasteiger partial charge is 0.573 e. The van der Waals surface area contributed by atoms with Crippen molar-refractivity contribution in [1.82, 2.24) is 5.32 Å². The predicted octanol–water partition coefficient (Wildman–Crippen LogP) is 3.65. The number of halogens is 4. The van der Waals surface area contributed by atoms with Crippen LogP contribution < -0.4 is 15.8 Å². The quantitative estimate of drug-likeness (QED) is 0.527. The van der Waals surface area contributed by atoms with Crippen LogP contribution in [0, 0.1) is 12.3 Å². The molecular weight excluding hydrogens is 383 g/mol. The smallest absolute Gasteiger partial charge is 0.406 e. The maximum Gasteiger partial charge on any atom is 0.573 e. The van der Waals surface area contributed by atoms with Crippen molar-refractivity contribution in [3.05, 3.63) is 65.2 Å². The van der Waals surface area contributed by atoms with Gasteiger partial charge in [-0.3, -0.25) is 15.5 Å². The van der Waals surface area contributed by atoms with Gasteiger partial charge in [-0.2, -0.15) is 0 Å². The highest BCUT2D eigenvalue weighted by atomic mass is 35.5. The number of aryl methyl sites for hydroxylation is 1. The first-order chi connectivity index (χ1) is 12.1. The highest BCUT2D eigenvalue weighted by Crippen LogP contribution is 2.28. The van der Waals surface area contributed by atoms with E-state index in [1.807, 2.05) is 31.2 Å². The average Bonchev–Trinajstić information content (AvgIpc) is 2.52. The molecule has 1 unspecified atom stereocenters. The van der Waals surface area contributed by atoms with E-state index in [1.165, 1.54) is 12.1 Å². The molecule has 0 saturated heterocycles. The van der Waals surface area contributed by atoms with Crippen molar-refractivity contribution in [1.29, 1.82) is 5.41 Å². The van der Waals surface area contributed by atoms with E-state index in [-0.39, 0.29) is 18.8 Å². The molecule has 0 fully saturated rings. The van der Waals surface area contributed by atoms with Gasteiger partial charge in [-0.1, -0.05) is 42.0 Å². The standard InChI is InChI=1S/C18H18F3N3O2.ClH/c1-11-5-7-12(8-6-11)9-15(16(25)24-17(22)23)13-3-2-4-14(10-13)26-18(19,20)21;/h2-8,10,15H,9H2,1H3,(H4,22,23,24,25);1H. The third-order valence-corrected chi connectivity index (χ3v) is 3.63. The molecule has 0 aliphatic heterocycles. The second-order valence-corrected chi connectivity index (χ2v) is 5.77. The average molecular weight is 402 g/mol. The van der Waals surface area contributed by atoms with Crippen LogP contribution in [-0.2, 0) is 11.2 Å². The Bertz CT molecular complexity index is 795. The lowest BCUT2D eigenvalue weighted by molar-refractivity contribution is -0.274. The van der Waals surface area contributed by atoms with Crippen molar-refractivity contribution in [3.63, 3.8) is 0 Å². The molecule has 2 aromatic rings. The van der Waals surface area contributed by atoms with Crippen LogP contribution >= 0.6 is 12.4 Å². The summed E-state index contributed by atoms with van der Waals surface area (Å²) in [4.78, 5) is 12.4. The summed E-state index contributed by atoms with van der Waals surface area (Å²) in [5.41, 5.74) is 7.40. The van der Waals surface area contributed by atoms with Crippen molar-refractivity contribution in [2.24, 2.45) is 5.73 Å². The fraction of sp³-hybridized carbons (Fsp3) is 0.222. The summed E-state index contributed by atoms with van der Waals surface area (Å²) in [5, 5.41) is 9.42. The van der Waals surface area contributed by atoms with Crippen molar-refractivity contribution < 1.29 is 22.7 Å². The number of alkyl halides is 3. The van der Waals surface area contributed by atoms with E-state index in [0.29, 0.717) is 5.56 Å². The lowest BCUT2D eigenvalue weighted by Crippen LogP contribution is -2.39. The first-order valence-corrected chi connectivity index (χ1v) is 7.70. The lowest BCUT2D eigenvalue weighted by Gasteiger charge is -2.18. The molecule has 0 aromatic heterocycles. The van der Waals surface area contributed by atoms with Crippen molar-refractivity contribution in [2.75, 3.05) is 0 Å². The number of carbonyl (C=O) groups excluding carboxylic acids is 1. The zero-order valence-electron chi connectivity index (χ0n) is 14.3. The summed E-state index contributed by atoms with van der Waals surface area (Å²) in [6.45, 7) is 1.92. The van der Waals surface area contributed by atoms with E-state index in [1.54, 1.807) is 0 Å². The third-order valence-electron chi connectivity index (χ3n) is 3.63. The SMILES string of the molecule is Cc1ccc(CC(C(=O)NC(=N)N)c2cccc(OC(F)(F)F)c2)cc1.Cl. The van der Waals surface area contributed by atoms with E-state index in [4.69, 9.17) is 11.1 Å². The molecule has 1 atom stereocenters. The number of ether oxygens (including phenoxy) is 1. The maximum atomic E-state index is 12.4. The van der Waals surface area contributed by atoms with Crippen LogP contribution in [0.15, 0.2) is 48.5 Å². The number of nitrogens with two attached hydrogens (primary N) is 1. The summed E-state index contributed by atoms with van der Waals surface area (Å²) in [6.07, 6.45) is -4.60. The Labute approximate surface area is 160 Å². The Kier molecular flexibility index (Phi) is 7.66. The van der Waals surface area contributed by atoms with Gasteiger partial charge in [0.2, 0.25) is 5.91 Å². The Morgan fingerprint density at radius 3 is 2.41 bits per heavy atom. The van der Waals surface area contributed by atoms with Crippen molar-refractivity contribution in [2.45, 2.75) is 25.6 Å². The Morgan fingerprint density at radius 1 is 1.22 bits per heavy atom. The molecule has 0 radical (unpaired) electrons. The fourth-order valence-corrected chi connectivity index (χ4v) is 2.47. The molecule has 0 aliphatic carbocycles. The van der Waals surface area contributed by atoms with Crippen molar-refractivity contribution >= 4 is 24.3 Å². The highest BCUT2D eigenvalue weighted by molar-refractivity contribution is 5.98. The van der Waals surface area contributed by atoms with Gasteiger partial charge in [0.05, 0.1) is 5.92 Å². The number of hydrogen-bond acceptors (Lipinski definition) is 3. The van der Waals surface area contributed by atoms with Gasteiger partial charge in [0.25, 0.3) is 0 Å². The van der Waals surface area contributed by atoms with Crippen LogP contribution in [-0.4, -0.2) is 18.2 Å². The van der Waals surface area contributed by atoms with Crippen LogP contribution in [0.5, 0.6) is 5.75 Å². The van der Waals surface area contributed by atoms with Crippen LogP contribution in [0.1, 0.15) is 22.6 Å². The first-order valence-electron chi connectivity index (χ1n) is 7.70. The molecular formula is C18H19ClF3N3O2. The second kappa shape index (κ2) is 9.27. The topological polar surface area (TPSA) is 88.2 Å². The molecule has 146 valence electrons. The van der Waals surface area contributed by atoms with E-state index < -0.39 is 29.9 Å². The lowest BCUT2D eigenvalue weighted by atomic mass is 9.90. The summed E-state index contributed by atoms with van der Waals surface area (Å²) >= 11 is 0. The normalized spacial score (nSPS) is 11.9. The van der Waals surface area contributed by atoms with Crippen LogP contribution in [0.3, 0.4) is 0 Å². The Balaban J connectivity index is 0.00000364. The molecule has 5 nitrogen and oxygen atoms in total. The van der Waals surface area contributed by atoms with Gasteiger partial charge in [-0.15, -0.1) is 25.6 Å². The number of amides is 1. The number of guanidine groups is 1. The van der Waals surface area contributed by atoms with E-state index >= 15 is 0 Å². The summed E-state index contributed by atoms with van der Waals surface area (Å²) in [5.74, 6) is -2.37. The zero-order chi connectivity index (χ0) is 19.3. The minimum absolute atomic E-state index is 0. The van der Waals surface area contributed by atoms with E-state index in [0.717, 1.165) is 23.3 Å². The monoisotopic (exact) mass is 401 g/mol. The zero-order valence-corrected chi connectivity index (χ0v) is 15.2. The van der Waals surface area contributed by atoms with Crippen LogP contribution in [0.2, 0.25) is 0 Å². The first kappa shape index (κ1) is 22.3. The maximum absolute atomic E-state index is 12.4. The predicted molar refractivity (Wildman–Crippen MR) is 98.1 cm³/mol. The molecule has 0 bridgehead atoms. The van der Waals surface area contributed by atoms with E-state index in [9.17, 15) is 18.0 Å². The summed E-state index contributed by atoms with van der Waals surface area (Å²) in [6, 6.07) is 12.6. The van der Waals surface area contributed by atoms with Gasteiger partial charge in [0.1, 0.15) is 5.75 Å². The highest BCUT2D eigenvalue weighted by Gasteiger charge is 2.31. The molecule has 1 amide bonds. The van der Waals surface area contributed by atoms with Gasteiger partial charge in [-0.25, -0.2) is 0 Å². The number of benzene rings is 2. The fourth-order valence-electron chi connectivity index (χ4n) is 2.47. The summed E-state index contributed by atoms with van der Waals surface area (Å²) < 4.78 is 41.3. The van der Waals surface area contributed by atoms with Gasteiger partial charge in [-0.05, 0) is 36.6 Å². The molecule has 27 heavy (non-hydrogen) atoms. The summed E-state index contributed by atoms with van der Waals surface area (Å²) in [7, 11) is 0. The number of hydrogen-bond donors (Lipinski definition) is 3. The molecule has 0 aliphatic rings. The van der Waals surface area contributed by atoms with Crippen LogP contribution in [0.4, 0.5) is 13.2 Å². The molecule has 2 rings (SSSR count). The van der Waals surface area contributed by atoms with Gasteiger partial charge in [0.15, 0.2) is 5.96 Å². The molecule has 2 aromatic carbocycles. The minimum Gasteiger partial charge on any atom is -0.406 e. The van der Waals surface area contributed by atoms with Crippen molar-refractivity contribution in [3.8, 4) is 5.75 Å². The van der Waals surface area contributed by atoms with Gasteiger partial charge in [0, 0.05) is 0 Å². The molecule has 0 heterocycles. The van der Waals surface area contributed by atoms with Crippen LogP contribution in [0.25, 0.3) is 0 Å². The molecule has 0 saturated carbocycles. The Hall–Kier alpha value is -2.74. The van der Waals surface area contributed by atoms with Gasteiger partial charge >= 0.3 is 6.36 Å². The Morgan fingerprint density at radius 2 is 1.85 bits per heavy atom. The van der Waals surface area contributed by atoms with E-state index in [2.05, 4.69) is 10.1 Å². The number of carbonyl (C=O) groups is 1. The second-order valence-electron chi connectivity index (χ2n) is 5.77.